The zero-order valence-electron chi connectivity index (χ0n) is 10.5. The molecular formula is C13H19N3O2. The molecule has 0 atom stereocenters. The molecule has 0 spiro atoms. The predicted molar refractivity (Wildman–Crippen MR) is 71.1 cm³/mol. The number of hydrogen-bond donors (Lipinski definition) is 3. The molecule has 0 aliphatic carbocycles. The molecule has 18 heavy (non-hydrogen) atoms. The lowest BCUT2D eigenvalue weighted by Gasteiger charge is -2.10. The van der Waals surface area contributed by atoms with Crippen molar-refractivity contribution in [2.45, 2.75) is 19.8 Å². The van der Waals surface area contributed by atoms with Crippen LogP contribution in [-0.2, 0) is 16.0 Å². The molecule has 5 nitrogen and oxygen atoms in total. The Hall–Kier alpha value is -1.88. The van der Waals surface area contributed by atoms with Crippen LogP contribution in [0.3, 0.4) is 0 Å². The first-order valence-corrected chi connectivity index (χ1v) is 6.06. The summed E-state index contributed by atoms with van der Waals surface area (Å²) < 4.78 is 0. The van der Waals surface area contributed by atoms with Gasteiger partial charge < -0.3 is 16.4 Å². The summed E-state index contributed by atoms with van der Waals surface area (Å²) >= 11 is 0. The number of nitrogens with one attached hydrogen (secondary N) is 2. The summed E-state index contributed by atoms with van der Waals surface area (Å²) in [5, 5.41) is 5.04. The Labute approximate surface area is 107 Å². The number of carbonyl (C=O) groups excluding carboxylic acids is 2. The molecule has 0 saturated heterocycles. The number of hydrogen-bond acceptors (Lipinski definition) is 3. The van der Waals surface area contributed by atoms with Gasteiger partial charge in [-0.25, -0.2) is 0 Å². The van der Waals surface area contributed by atoms with Gasteiger partial charge in [-0.2, -0.15) is 0 Å². The van der Waals surface area contributed by atoms with Gasteiger partial charge in [-0.3, -0.25) is 9.59 Å². The second-order valence-electron chi connectivity index (χ2n) is 3.91. The summed E-state index contributed by atoms with van der Waals surface area (Å²) in [6.07, 6.45) is 1.84. The van der Waals surface area contributed by atoms with Crippen LogP contribution in [0.15, 0.2) is 24.3 Å². The van der Waals surface area contributed by atoms with Crippen molar-refractivity contribution < 1.29 is 9.59 Å². The number of anilines is 1. The first-order valence-electron chi connectivity index (χ1n) is 6.06. The van der Waals surface area contributed by atoms with Crippen LogP contribution in [0.2, 0.25) is 0 Å². The van der Waals surface area contributed by atoms with Gasteiger partial charge in [-0.05, 0) is 18.1 Å². The van der Waals surface area contributed by atoms with E-state index in [9.17, 15) is 9.59 Å². The van der Waals surface area contributed by atoms with Crippen molar-refractivity contribution >= 4 is 17.5 Å². The summed E-state index contributed by atoms with van der Waals surface area (Å²) in [6, 6.07) is 7.47. The van der Waals surface area contributed by atoms with E-state index in [-0.39, 0.29) is 0 Å². The standard InChI is InChI=1S/C13H19N3O2/c1-2-5-10-6-3-4-7-11(10)16-13(18)12(17)15-9-8-14/h3-4,6-7H,2,5,8-9,14H2,1H3,(H,15,17)(H,16,18). The number of nitrogens with two attached hydrogens (primary N) is 1. The fraction of sp³-hybridized carbons (Fsp3) is 0.385. The number of carbonyl (C=O) groups is 2. The maximum Gasteiger partial charge on any atom is 0.313 e. The molecule has 1 aromatic rings. The third-order valence-corrected chi connectivity index (χ3v) is 2.42. The first kappa shape index (κ1) is 14.2. The Morgan fingerprint density at radius 1 is 1.22 bits per heavy atom. The van der Waals surface area contributed by atoms with Gasteiger partial charge in [0.05, 0.1) is 0 Å². The maximum atomic E-state index is 11.6. The molecule has 0 aromatic heterocycles. The molecule has 2 amide bonds. The van der Waals surface area contributed by atoms with E-state index in [1.54, 1.807) is 6.07 Å². The number of aryl methyl sites for hydroxylation is 1. The Balaban J connectivity index is 2.66. The van der Waals surface area contributed by atoms with Crippen LogP contribution >= 0.6 is 0 Å². The molecule has 0 fully saturated rings. The van der Waals surface area contributed by atoms with Gasteiger partial charge in [0.15, 0.2) is 0 Å². The minimum Gasteiger partial charge on any atom is -0.347 e. The van der Waals surface area contributed by atoms with E-state index in [0.717, 1.165) is 18.4 Å². The van der Waals surface area contributed by atoms with Crippen LogP contribution in [0.1, 0.15) is 18.9 Å². The monoisotopic (exact) mass is 249 g/mol. The molecule has 0 unspecified atom stereocenters. The van der Waals surface area contributed by atoms with E-state index in [4.69, 9.17) is 5.73 Å². The van der Waals surface area contributed by atoms with Crippen molar-refractivity contribution in [1.29, 1.82) is 0 Å². The Morgan fingerprint density at radius 3 is 2.61 bits per heavy atom. The zero-order chi connectivity index (χ0) is 13.4. The highest BCUT2D eigenvalue weighted by Gasteiger charge is 2.13. The molecule has 4 N–H and O–H groups in total. The normalized spacial score (nSPS) is 9.89. The summed E-state index contributed by atoms with van der Waals surface area (Å²) in [7, 11) is 0. The topological polar surface area (TPSA) is 84.2 Å². The fourth-order valence-electron chi connectivity index (χ4n) is 1.57. The fourth-order valence-corrected chi connectivity index (χ4v) is 1.57. The molecule has 0 aliphatic rings. The van der Waals surface area contributed by atoms with Gasteiger partial charge in [0.25, 0.3) is 0 Å². The van der Waals surface area contributed by atoms with Crippen molar-refractivity contribution in [3.05, 3.63) is 29.8 Å². The number of para-hydroxylation sites is 1. The van der Waals surface area contributed by atoms with Gasteiger partial charge in [0.1, 0.15) is 0 Å². The van der Waals surface area contributed by atoms with Crippen molar-refractivity contribution in [1.82, 2.24) is 5.32 Å². The smallest absolute Gasteiger partial charge is 0.313 e. The summed E-state index contributed by atoms with van der Waals surface area (Å²) in [4.78, 5) is 23.0. The molecule has 0 aliphatic heterocycles. The van der Waals surface area contributed by atoms with E-state index in [1.807, 2.05) is 18.2 Å². The lowest BCUT2D eigenvalue weighted by Crippen LogP contribution is -2.38. The zero-order valence-corrected chi connectivity index (χ0v) is 10.5. The molecular weight excluding hydrogens is 230 g/mol. The van der Waals surface area contributed by atoms with Crippen molar-refractivity contribution in [3.8, 4) is 0 Å². The Kier molecular flexibility index (Phi) is 5.87. The van der Waals surface area contributed by atoms with Gasteiger partial charge in [0.2, 0.25) is 0 Å². The van der Waals surface area contributed by atoms with Gasteiger partial charge in [-0.15, -0.1) is 0 Å². The van der Waals surface area contributed by atoms with Gasteiger partial charge in [0, 0.05) is 18.8 Å². The van der Waals surface area contributed by atoms with Crippen LogP contribution in [0.25, 0.3) is 0 Å². The number of rotatable bonds is 5. The molecule has 0 saturated carbocycles. The summed E-state index contributed by atoms with van der Waals surface area (Å²) in [5.41, 5.74) is 6.96. The van der Waals surface area contributed by atoms with Gasteiger partial charge in [-0.1, -0.05) is 31.5 Å². The van der Waals surface area contributed by atoms with Crippen LogP contribution < -0.4 is 16.4 Å². The average Bonchev–Trinajstić information content (AvgIpc) is 2.38. The quantitative estimate of drug-likeness (QED) is 0.670. The highest BCUT2D eigenvalue weighted by Crippen LogP contribution is 2.16. The Bertz CT molecular complexity index is 418. The van der Waals surface area contributed by atoms with Gasteiger partial charge >= 0.3 is 11.8 Å². The van der Waals surface area contributed by atoms with Crippen molar-refractivity contribution in [3.63, 3.8) is 0 Å². The minimum absolute atomic E-state index is 0.295. The van der Waals surface area contributed by atoms with Crippen LogP contribution in [-0.4, -0.2) is 24.9 Å². The highest BCUT2D eigenvalue weighted by molar-refractivity contribution is 6.39. The highest BCUT2D eigenvalue weighted by atomic mass is 16.2. The predicted octanol–water partition coefficient (Wildman–Crippen LogP) is 0.653. The number of benzene rings is 1. The van der Waals surface area contributed by atoms with E-state index < -0.39 is 11.8 Å². The van der Waals surface area contributed by atoms with Crippen LogP contribution in [0.5, 0.6) is 0 Å². The van der Waals surface area contributed by atoms with Crippen LogP contribution in [0.4, 0.5) is 5.69 Å². The maximum absolute atomic E-state index is 11.6. The van der Waals surface area contributed by atoms with E-state index in [2.05, 4.69) is 17.6 Å². The van der Waals surface area contributed by atoms with Crippen LogP contribution in [0, 0.1) is 0 Å². The lowest BCUT2D eigenvalue weighted by molar-refractivity contribution is -0.136. The largest absolute Gasteiger partial charge is 0.347 e. The molecule has 0 radical (unpaired) electrons. The average molecular weight is 249 g/mol. The molecule has 5 heteroatoms. The molecule has 1 rings (SSSR count). The second-order valence-corrected chi connectivity index (χ2v) is 3.91. The minimum atomic E-state index is -0.660. The lowest BCUT2D eigenvalue weighted by atomic mass is 10.1. The van der Waals surface area contributed by atoms with E-state index in [1.165, 1.54) is 0 Å². The molecule has 98 valence electrons. The first-order chi connectivity index (χ1) is 8.69. The molecule has 0 heterocycles. The summed E-state index contributed by atoms with van der Waals surface area (Å²) in [5.74, 6) is -1.32. The molecule has 0 bridgehead atoms. The third-order valence-electron chi connectivity index (χ3n) is 2.42. The second kappa shape index (κ2) is 7.45. The van der Waals surface area contributed by atoms with Crippen molar-refractivity contribution in [2.24, 2.45) is 5.73 Å². The number of amides is 2. The SMILES string of the molecule is CCCc1ccccc1NC(=O)C(=O)NCCN. The third kappa shape index (κ3) is 4.18. The van der Waals surface area contributed by atoms with E-state index >= 15 is 0 Å². The molecule has 1 aromatic carbocycles. The van der Waals surface area contributed by atoms with E-state index in [0.29, 0.717) is 18.8 Å². The summed E-state index contributed by atoms with van der Waals surface area (Å²) in [6.45, 7) is 2.67. The van der Waals surface area contributed by atoms with Crippen molar-refractivity contribution in [2.75, 3.05) is 18.4 Å². The Morgan fingerprint density at radius 2 is 1.94 bits per heavy atom.